The average molecular weight is 229 g/mol. The molecule has 4 nitrogen and oxygen atoms in total. The van der Waals surface area contributed by atoms with E-state index < -0.39 is 5.60 Å². The molecule has 4 heteroatoms. The molecular weight excluding hydrogens is 206 g/mol. The fourth-order valence-corrected chi connectivity index (χ4v) is 1.97. The normalized spacial score (nSPS) is 26.3. The average Bonchev–Trinajstić information content (AvgIpc) is 2.14. The van der Waals surface area contributed by atoms with Crippen LogP contribution in [0.5, 0.6) is 0 Å². The van der Waals surface area contributed by atoms with E-state index in [9.17, 15) is 9.90 Å². The molecule has 2 atom stereocenters. The van der Waals surface area contributed by atoms with Crippen molar-refractivity contribution in [3.8, 4) is 0 Å². The fraction of sp³-hybridized carbons (Fsp3) is 0.917. The van der Waals surface area contributed by atoms with E-state index in [4.69, 9.17) is 4.74 Å². The quantitative estimate of drug-likeness (QED) is 0.749. The molecule has 1 aliphatic carbocycles. The summed E-state index contributed by atoms with van der Waals surface area (Å²) in [6.45, 7) is 5.57. The van der Waals surface area contributed by atoms with Crippen molar-refractivity contribution in [3.05, 3.63) is 0 Å². The predicted molar refractivity (Wildman–Crippen MR) is 62.3 cm³/mol. The van der Waals surface area contributed by atoms with Gasteiger partial charge in [-0.25, -0.2) is 4.79 Å². The molecule has 0 aromatic carbocycles. The highest BCUT2D eigenvalue weighted by Gasteiger charge is 2.29. The van der Waals surface area contributed by atoms with Crippen molar-refractivity contribution in [1.29, 1.82) is 0 Å². The second-order valence-electron chi connectivity index (χ2n) is 5.57. The van der Waals surface area contributed by atoms with Crippen LogP contribution in [0, 0.1) is 0 Å². The largest absolute Gasteiger partial charge is 0.444 e. The third-order valence-corrected chi connectivity index (χ3v) is 2.85. The van der Waals surface area contributed by atoms with E-state index in [2.05, 4.69) is 0 Å². The summed E-state index contributed by atoms with van der Waals surface area (Å²) in [5, 5.41) is 9.56. The Morgan fingerprint density at radius 1 is 1.38 bits per heavy atom. The molecule has 0 aliphatic heterocycles. The molecule has 0 spiro atoms. The lowest BCUT2D eigenvalue weighted by atomic mass is 9.92. The van der Waals surface area contributed by atoms with Crippen LogP contribution in [0.4, 0.5) is 4.79 Å². The third kappa shape index (κ3) is 4.00. The molecular formula is C12H23NO3. The van der Waals surface area contributed by atoms with Gasteiger partial charge in [-0.15, -0.1) is 0 Å². The van der Waals surface area contributed by atoms with E-state index in [0.29, 0.717) is 6.42 Å². The molecule has 1 aliphatic rings. The Bertz CT molecular complexity index is 247. The first-order chi connectivity index (χ1) is 7.29. The Kier molecular flexibility index (Phi) is 4.19. The Labute approximate surface area is 97.6 Å². The predicted octanol–water partition coefficient (Wildman–Crippen LogP) is 2.16. The van der Waals surface area contributed by atoms with E-state index in [0.717, 1.165) is 19.3 Å². The van der Waals surface area contributed by atoms with E-state index in [1.807, 2.05) is 20.8 Å². The van der Waals surface area contributed by atoms with Gasteiger partial charge in [-0.1, -0.05) is 0 Å². The molecule has 0 radical (unpaired) electrons. The van der Waals surface area contributed by atoms with Crippen molar-refractivity contribution < 1.29 is 14.6 Å². The van der Waals surface area contributed by atoms with Crippen LogP contribution < -0.4 is 0 Å². The first-order valence-electron chi connectivity index (χ1n) is 5.93. The van der Waals surface area contributed by atoms with Crippen LogP contribution in [0.15, 0.2) is 0 Å². The van der Waals surface area contributed by atoms with Crippen molar-refractivity contribution in [2.45, 2.75) is 64.2 Å². The maximum atomic E-state index is 11.8. The summed E-state index contributed by atoms with van der Waals surface area (Å²) >= 11 is 0. The highest BCUT2D eigenvalue weighted by molar-refractivity contribution is 5.68. The highest BCUT2D eigenvalue weighted by Crippen LogP contribution is 2.23. The molecule has 0 bridgehead atoms. The van der Waals surface area contributed by atoms with Crippen molar-refractivity contribution in [1.82, 2.24) is 4.90 Å². The van der Waals surface area contributed by atoms with E-state index in [-0.39, 0.29) is 18.2 Å². The summed E-state index contributed by atoms with van der Waals surface area (Å²) in [7, 11) is 1.75. The van der Waals surface area contributed by atoms with Gasteiger partial charge >= 0.3 is 6.09 Å². The minimum Gasteiger partial charge on any atom is -0.444 e. The number of hydrogen-bond acceptors (Lipinski definition) is 3. The zero-order valence-corrected chi connectivity index (χ0v) is 10.7. The SMILES string of the molecule is CN(C(=O)OC(C)(C)C)C1CCCC(O)C1. The van der Waals surface area contributed by atoms with Crippen LogP contribution in [0.25, 0.3) is 0 Å². The van der Waals surface area contributed by atoms with Crippen LogP contribution in [0.1, 0.15) is 46.5 Å². The first-order valence-corrected chi connectivity index (χ1v) is 5.93. The van der Waals surface area contributed by atoms with Gasteiger partial charge in [0, 0.05) is 13.1 Å². The molecule has 1 rings (SSSR count). The molecule has 1 fully saturated rings. The third-order valence-electron chi connectivity index (χ3n) is 2.85. The zero-order chi connectivity index (χ0) is 12.3. The Hall–Kier alpha value is -0.770. The van der Waals surface area contributed by atoms with Crippen molar-refractivity contribution in [2.24, 2.45) is 0 Å². The van der Waals surface area contributed by atoms with E-state index in [1.165, 1.54) is 0 Å². The van der Waals surface area contributed by atoms with Crippen LogP contribution in [0.3, 0.4) is 0 Å². The number of aliphatic hydroxyl groups is 1. The lowest BCUT2D eigenvalue weighted by Crippen LogP contribution is -2.43. The molecule has 1 amide bonds. The molecule has 94 valence electrons. The number of amides is 1. The molecule has 0 aromatic heterocycles. The number of carbonyl (C=O) groups excluding carboxylic acids is 1. The maximum absolute atomic E-state index is 11.8. The molecule has 2 unspecified atom stereocenters. The van der Waals surface area contributed by atoms with Crippen molar-refractivity contribution >= 4 is 6.09 Å². The monoisotopic (exact) mass is 229 g/mol. The fourth-order valence-electron chi connectivity index (χ4n) is 1.97. The minimum absolute atomic E-state index is 0.110. The lowest BCUT2D eigenvalue weighted by Gasteiger charge is -2.34. The zero-order valence-electron chi connectivity index (χ0n) is 10.7. The summed E-state index contributed by atoms with van der Waals surface area (Å²) < 4.78 is 5.29. The van der Waals surface area contributed by atoms with Crippen molar-refractivity contribution in [3.63, 3.8) is 0 Å². The summed E-state index contributed by atoms with van der Waals surface area (Å²) in [5.41, 5.74) is -0.460. The number of carbonyl (C=O) groups is 1. The van der Waals surface area contributed by atoms with Crippen LogP contribution in [-0.2, 0) is 4.74 Å². The Morgan fingerprint density at radius 3 is 2.50 bits per heavy atom. The van der Waals surface area contributed by atoms with Gasteiger partial charge in [-0.2, -0.15) is 0 Å². The summed E-state index contributed by atoms with van der Waals surface area (Å²) in [4.78, 5) is 13.4. The molecule has 0 aromatic rings. The minimum atomic E-state index is -0.460. The lowest BCUT2D eigenvalue weighted by molar-refractivity contribution is 0.00945. The standard InChI is InChI=1S/C12H23NO3/c1-12(2,3)16-11(15)13(4)9-6-5-7-10(14)8-9/h9-10,14H,5-8H2,1-4H3. The second-order valence-corrected chi connectivity index (χ2v) is 5.57. The van der Waals surface area contributed by atoms with Gasteiger partial charge in [0.25, 0.3) is 0 Å². The molecule has 1 saturated carbocycles. The number of ether oxygens (including phenoxy) is 1. The summed E-state index contributed by atoms with van der Waals surface area (Å²) in [5.74, 6) is 0. The van der Waals surface area contributed by atoms with Gasteiger partial charge in [-0.3, -0.25) is 0 Å². The van der Waals surface area contributed by atoms with Crippen LogP contribution >= 0.6 is 0 Å². The molecule has 0 heterocycles. The Morgan fingerprint density at radius 2 is 2.00 bits per heavy atom. The van der Waals surface area contributed by atoms with Gasteiger partial charge in [0.15, 0.2) is 0 Å². The molecule has 16 heavy (non-hydrogen) atoms. The maximum Gasteiger partial charge on any atom is 0.410 e. The number of rotatable bonds is 1. The van der Waals surface area contributed by atoms with Crippen LogP contribution in [0.2, 0.25) is 0 Å². The van der Waals surface area contributed by atoms with Gasteiger partial charge in [0.2, 0.25) is 0 Å². The first kappa shape index (κ1) is 13.3. The molecule has 1 N–H and O–H groups in total. The smallest absolute Gasteiger partial charge is 0.410 e. The topological polar surface area (TPSA) is 49.8 Å². The number of hydrogen-bond donors (Lipinski definition) is 1. The van der Waals surface area contributed by atoms with Gasteiger partial charge in [0.1, 0.15) is 5.60 Å². The Balaban J connectivity index is 2.49. The van der Waals surface area contributed by atoms with Crippen molar-refractivity contribution in [2.75, 3.05) is 7.05 Å². The summed E-state index contributed by atoms with van der Waals surface area (Å²) in [6.07, 6.45) is 2.86. The van der Waals surface area contributed by atoms with Gasteiger partial charge < -0.3 is 14.7 Å². The molecule has 0 saturated heterocycles. The second kappa shape index (κ2) is 5.04. The van der Waals surface area contributed by atoms with Crippen LogP contribution in [-0.4, -0.2) is 40.9 Å². The van der Waals surface area contributed by atoms with E-state index in [1.54, 1.807) is 11.9 Å². The highest BCUT2D eigenvalue weighted by atomic mass is 16.6. The van der Waals surface area contributed by atoms with Gasteiger partial charge in [-0.05, 0) is 46.5 Å². The number of nitrogens with zero attached hydrogens (tertiary/aromatic N) is 1. The summed E-state index contributed by atoms with van der Waals surface area (Å²) in [6, 6.07) is 0.110. The van der Waals surface area contributed by atoms with Gasteiger partial charge in [0.05, 0.1) is 6.10 Å². The number of aliphatic hydroxyl groups excluding tert-OH is 1. The van der Waals surface area contributed by atoms with E-state index >= 15 is 0 Å².